The largest absolute Gasteiger partial charge is 0.394 e. The van der Waals surface area contributed by atoms with Gasteiger partial charge in [0.15, 0.2) is 6.29 Å². The van der Waals surface area contributed by atoms with Crippen LogP contribution in [0.5, 0.6) is 0 Å². The van der Waals surface area contributed by atoms with Gasteiger partial charge in [-0.2, -0.15) is 0 Å². The molecular weight excluding hydrogens is 630 g/mol. The van der Waals surface area contributed by atoms with E-state index in [4.69, 9.17) is 9.47 Å². The average molecular weight is 704 g/mol. The summed E-state index contributed by atoms with van der Waals surface area (Å²) in [6.07, 6.45) is 16.1. The topological polar surface area (TPSA) is 189 Å². The fraction of sp³-hybridized carbons (Fsp3) is 0.921. The summed E-state index contributed by atoms with van der Waals surface area (Å²) in [6, 6.07) is -1.18. The molecule has 0 aromatic carbocycles. The van der Waals surface area contributed by atoms with Gasteiger partial charge in [0.2, 0.25) is 5.91 Å². The lowest BCUT2D eigenvalue weighted by Crippen LogP contribution is -2.60. The third kappa shape index (κ3) is 20.5. The van der Waals surface area contributed by atoms with Crippen LogP contribution in [0, 0.1) is 0 Å². The lowest BCUT2D eigenvalue weighted by Gasteiger charge is -2.40. The molecule has 0 aliphatic carbocycles. The van der Waals surface area contributed by atoms with Gasteiger partial charge in [-0.3, -0.25) is 4.79 Å². The van der Waals surface area contributed by atoms with Crippen molar-refractivity contribution in [2.24, 2.45) is 0 Å². The molecule has 11 heteroatoms. The quantitative estimate of drug-likeness (QED) is 0.0376. The number of rotatable bonds is 31. The lowest BCUT2D eigenvalue weighted by atomic mass is 9.98. The maximum Gasteiger partial charge on any atom is 0.249 e. The van der Waals surface area contributed by atoms with Crippen molar-refractivity contribution >= 4 is 5.91 Å². The van der Waals surface area contributed by atoms with E-state index in [1.807, 2.05) is 6.08 Å². The van der Waals surface area contributed by atoms with Crippen molar-refractivity contribution in [3.63, 3.8) is 0 Å². The van der Waals surface area contributed by atoms with Crippen LogP contribution in [0.25, 0.3) is 0 Å². The van der Waals surface area contributed by atoms with Crippen molar-refractivity contribution in [3.05, 3.63) is 12.2 Å². The highest BCUT2D eigenvalue weighted by Crippen LogP contribution is 2.23. The van der Waals surface area contributed by atoms with Crippen molar-refractivity contribution in [2.75, 3.05) is 13.2 Å². The number of ether oxygens (including phenoxy) is 2. The molecule has 0 spiro atoms. The van der Waals surface area contributed by atoms with Crippen molar-refractivity contribution in [2.45, 2.75) is 210 Å². The van der Waals surface area contributed by atoms with Crippen LogP contribution in [-0.2, 0) is 14.3 Å². The van der Waals surface area contributed by atoms with Gasteiger partial charge in [-0.05, 0) is 32.1 Å². The number of allylic oxidation sites excluding steroid dienone is 2. The molecule has 1 aliphatic rings. The molecule has 1 aliphatic heterocycles. The van der Waals surface area contributed by atoms with Gasteiger partial charge in [0.25, 0.3) is 0 Å². The fourth-order valence-electron chi connectivity index (χ4n) is 6.21. The summed E-state index contributed by atoms with van der Waals surface area (Å²) in [5.41, 5.74) is 0. The van der Waals surface area contributed by atoms with Crippen LogP contribution < -0.4 is 5.32 Å². The van der Waals surface area contributed by atoms with E-state index in [-0.39, 0.29) is 12.8 Å². The Morgan fingerprint density at radius 1 is 0.694 bits per heavy atom. The summed E-state index contributed by atoms with van der Waals surface area (Å²) < 4.78 is 11.0. The minimum atomic E-state index is -1.66. The first kappa shape index (κ1) is 45.9. The molecule has 1 heterocycles. The Labute approximate surface area is 296 Å². The Kier molecular flexibility index (Phi) is 27.6. The zero-order chi connectivity index (χ0) is 36.3. The summed E-state index contributed by atoms with van der Waals surface area (Å²) in [6.45, 7) is 3.27. The van der Waals surface area contributed by atoms with E-state index < -0.39 is 74.2 Å². The van der Waals surface area contributed by atoms with Gasteiger partial charge >= 0.3 is 0 Å². The number of unbranched alkanes of at least 4 members (excludes halogenated alkanes) is 17. The number of hydrogen-bond donors (Lipinski definition) is 8. The highest BCUT2D eigenvalue weighted by molar-refractivity contribution is 5.80. The van der Waals surface area contributed by atoms with Gasteiger partial charge in [0.1, 0.15) is 36.6 Å². The zero-order valence-electron chi connectivity index (χ0n) is 30.7. The molecule has 290 valence electrons. The van der Waals surface area contributed by atoms with Crippen molar-refractivity contribution in [1.29, 1.82) is 0 Å². The molecule has 1 fully saturated rings. The summed E-state index contributed by atoms with van der Waals surface area (Å²) in [7, 11) is 0. The Bertz CT molecular complexity index is 815. The standard InChI is InChI=1S/C38H73NO10/c1-3-5-7-9-11-12-13-14-15-16-17-18-19-20-22-24-26-31(42)37(47)39-29(33(43)30(41)25-23-21-10-8-6-4-2)28-48-38-36(46)35(45)34(44)32(27-40)49-38/h8,10,29-36,38,40-46H,3-7,9,11-28H2,1-2H3,(H,39,47)/b10-8+. The second kappa shape index (κ2) is 29.4. The van der Waals surface area contributed by atoms with Crippen LogP contribution in [0.3, 0.4) is 0 Å². The van der Waals surface area contributed by atoms with Gasteiger partial charge in [0.05, 0.1) is 25.4 Å². The average Bonchev–Trinajstić information content (AvgIpc) is 3.10. The molecule has 0 radical (unpaired) electrons. The van der Waals surface area contributed by atoms with Gasteiger partial charge < -0.3 is 50.5 Å². The van der Waals surface area contributed by atoms with E-state index in [0.29, 0.717) is 12.8 Å². The third-order valence-corrected chi connectivity index (χ3v) is 9.55. The smallest absolute Gasteiger partial charge is 0.249 e. The second-order valence-electron chi connectivity index (χ2n) is 14.0. The summed E-state index contributed by atoms with van der Waals surface area (Å²) in [5, 5.41) is 74.8. The van der Waals surface area contributed by atoms with E-state index in [1.165, 1.54) is 77.0 Å². The molecular formula is C38H73NO10. The van der Waals surface area contributed by atoms with E-state index in [9.17, 15) is 40.5 Å². The monoisotopic (exact) mass is 704 g/mol. The van der Waals surface area contributed by atoms with Crippen LogP contribution in [0.1, 0.15) is 155 Å². The van der Waals surface area contributed by atoms with E-state index in [1.54, 1.807) is 0 Å². The number of amides is 1. The molecule has 0 bridgehead atoms. The van der Waals surface area contributed by atoms with Crippen molar-refractivity contribution < 1.29 is 50.0 Å². The van der Waals surface area contributed by atoms with Crippen molar-refractivity contribution in [3.8, 4) is 0 Å². The molecule has 9 unspecified atom stereocenters. The molecule has 9 atom stereocenters. The summed E-state index contributed by atoms with van der Waals surface area (Å²) in [5.74, 6) is -0.711. The Hall–Kier alpha value is -1.15. The minimum absolute atomic E-state index is 0.256. The number of aliphatic hydroxyl groups excluding tert-OH is 7. The summed E-state index contributed by atoms with van der Waals surface area (Å²) in [4.78, 5) is 12.9. The predicted octanol–water partition coefficient (Wildman–Crippen LogP) is 4.55. The third-order valence-electron chi connectivity index (χ3n) is 9.55. The first-order valence-electron chi connectivity index (χ1n) is 19.6. The minimum Gasteiger partial charge on any atom is -0.394 e. The van der Waals surface area contributed by atoms with Crippen LogP contribution in [-0.4, -0.2) is 110 Å². The Morgan fingerprint density at radius 3 is 1.76 bits per heavy atom. The lowest BCUT2D eigenvalue weighted by molar-refractivity contribution is -0.303. The Balaban J connectivity index is 2.46. The first-order valence-corrected chi connectivity index (χ1v) is 19.6. The van der Waals surface area contributed by atoms with Crippen LogP contribution >= 0.6 is 0 Å². The number of carbonyl (C=O) groups is 1. The van der Waals surface area contributed by atoms with Crippen LogP contribution in [0.15, 0.2) is 12.2 Å². The highest BCUT2D eigenvalue weighted by atomic mass is 16.7. The molecule has 49 heavy (non-hydrogen) atoms. The van der Waals surface area contributed by atoms with Gasteiger partial charge in [-0.1, -0.05) is 135 Å². The first-order chi connectivity index (χ1) is 23.7. The number of hydrogen-bond acceptors (Lipinski definition) is 10. The molecule has 11 nitrogen and oxygen atoms in total. The highest BCUT2D eigenvalue weighted by Gasteiger charge is 2.44. The van der Waals surface area contributed by atoms with Crippen LogP contribution in [0.2, 0.25) is 0 Å². The molecule has 1 amide bonds. The van der Waals surface area contributed by atoms with E-state index in [2.05, 4.69) is 25.2 Å². The molecule has 0 aromatic rings. The van der Waals surface area contributed by atoms with E-state index in [0.717, 1.165) is 38.5 Å². The summed E-state index contributed by atoms with van der Waals surface area (Å²) >= 11 is 0. The fourth-order valence-corrected chi connectivity index (χ4v) is 6.21. The SMILES string of the molecule is CCC/C=C/CCCC(O)C(O)C(COC1OC(CO)C(O)C(O)C1O)NC(=O)C(O)CCCCCCCCCCCCCCCCCC. The van der Waals surface area contributed by atoms with Gasteiger partial charge in [-0.15, -0.1) is 0 Å². The number of nitrogens with one attached hydrogen (secondary N) is 1. The van der Waals surface area contributed by atoms with E-state index >= 15 is 0 Å². The molecule has 1 rings (SSSR count). The molecule has 8 N–H and O–H groups in total. The van der Waals surface area contributed by atoms with Gasteiger partial charge in [0, 0.05) is 0 Å². The van der Waals surface area contributed by atoms with Crippen molar-refractivity contribution in [1.82, 2.24) is 5.32 Å². The maximum absolute atomic E-state index is 12.9. The molecule has 1 saturated heterocycles. The maximum atomic E-state index is 12.9. The molecule has 0 saturated carbocycles. The van der Waals surface area contributed by atoms with Crippen LogP contribution in [0.4, 0.5) is 0 Å². The Morgan fingerprint density at radius 2 is 1.22 bits per heavy atom. The number of carbonyl (C=O) groups excluding carboxylic acids is 1. The zero-order valence-corrected chi connectivity index (χ0v) is 30.7. The van der Waals surface area contributed by atoms with Gasteiger partial charge in [-0.25, -0.2) is 0 Å². The molecule has 0 aromatic heterocycles. The number of aliphatic hydroxyl groups is 7. The predicted molar refractivity (Wildman–Crippen MR) is 192 cm³/mol. The normalized spacial score (nSPS) is 23.8. The second-order valence-corrected chi connectivity index (χ2v) is 14.0.